The van der Waals surface area contributed by atoms with E-state index in [2.05, 4.69) is 5.32 Å². The van der Waals surface area contributed by atoms with Gasteiger partial charge in [-0.05, 0) is 24.8 Å². The van der Waals surface area contributed by atoms with E-state index in [0.717, 1.165) is 11.1 Å². The molecule has 20 heavy (non-hydrogen) atoms. The fraction of sp³-hybridized carbons (Fsp3) is 0.562. The number of aryl methyl sites for hydroxylation is 1. The Hall–Kier alpha value is -1.55. The smallest absolute Gasteiger partial charge is 0.224 e. The van der Waals surface area contributed by atoms with Gasteiger partial charge in [0, 0.05) is 18.2 Å². The van der Waals surface area contributed by atoms with Crippen LogP contribution in [0.25, 0.3) is 0 Å². The number of aromatic hydroxyl groups is 1. The van der Waals surface area contributed by atoms with Crippen LogP contribution in [0.4, 0.5) is 0 Å². The number of nitrogens with one attached hydrogen (secondary N) is 1. The molecule has 112 valence electrons. The lowest BCUT2D eigenvalue weighted by Crippen LogP contribution is -2.38. The molecule has 0 aliphatic heterocycles. The maximum atomic E-state index is 11.9. The Labute approximate surface area is 121 Å². The number of nitrogens with two attached hydrogens (primary N) is 1. The average Bonchev–Trinajstić information content (AvgIpc) is 2.31. The standard InChI is InChI=1S/C16H26N2O2/c1-10-6-12(8-14(19)18-11(2)9-17)15(20)13(7-10)16(3,4)5/h6-7,11,20H,8-9,17H2,1-5H3,(H,18,19). The van der Waals surface area contributed by atoms with E-state index in [9.17, 15) is 9.90 Å². The molecule has 1 aromatic rings. The summed E-state index contributed by atoms with van der Waals surface area (Å²) >= 11 is 0. The van der Waals surface area contributed by atoms with Crippen molar-refractivity contribution in [3.05, 3.63) is 28.8 Å². The summed E-state index contributed by atoms with van der Waals surface area (Å²) in [5, 5.41) is 13.2. The van der Waals surface area contributed by atoms with E-state index in [1.165, 1.54) is 0 Å². The maximum Gasteiger partial charge on any atom is 0.224 e. The van der Waals surface area contributed by atoms with Gasteiger partial charge in [-0.3, -0.25) is 4.79 Å². The predicted octanol–water partition coefficient (Wildman–Crippen LogP) is 2.00. The van der Waals surface area contributed by atoms with E-state index in [0.29, 0.717) is 12.1 Å². The lowest BCUT2D eigenvalue weighted by Gasteiger charge is -2.23. The van der Waals surface area contributed by atoms with Crippen LogP contribution in [-0.4, -0.2) is 23.6 Å². The van der Waals surface area contributed by atoms with Crippen LogP contribution >= 0.6 is 0 Å². The van der Waals surface area contributed by atoms with Crippen LogP contribution in [0.15, 0.2) is 12.1 Å². The normalized spacial score (nSPS) is 13.1. The van der Waals surface area contributed by atoms with Crippen LogP contribution in [0.5, 0.6) is 5.75 Å². The van der Waals surface area contributed by atoms with E-state index in [1.54, 1.807) is 0 Å². The molecule has 0 saturated heterocycles. The topological polar surface area (TPSA) is 75.4 Å². The van der Waals surface area contributed by atoms with Gasteiger partial charge in [0.2, 0.25) is 5.91 Å². The van der Waals surface area contributed by atoms with Crippen molar-refractivity contribution in [3.8, 4) is 5.75 Å². The molecule has 0 radical (unpaired) electrons. The van der Waals surface area contributed by atoms with Gasteiger partial charge in [-0.15, -0.1) is 0 Å². The summed E-state index contributed by atoms with van der Waals surface area (Å²) in [6.07, 6.45) is 0.168. The SMILES string of the molecule is Cc1cc(CC(=O)NC(C)CN)c(O)c(C(C)(C)C)c1. The molecule has 1 amide bonds. The summed E-state index contributed by atoms with van der Waals surface area (Å²) in [5.41, 5.74) is 7.90. The Kier molecular flexibility index (Phi) is 5.17. The minimum Gasteiger partial charge on any atom is -0.507 e. The van der Waals surface area contributed by atoms with E-state index < -0.39 is 0 Å². The molecule has 1 aromatic carbocycles. The molecular formula is C16H26N2O2. The highest BCUT2D eigenvalue weighted by Gasteiger charge is 2.21. The van der Waals surface area contributed by atoms with Crippen molar-refractivity contribution in [1.29, 1.82) is 0 Å². The average molecular weight is 278 g/mol. The minimum absolute atomic E-state index is 0.0588. The van der Waals surface area contributed by atoms with E-state index in [4.69, 9.17) is 5.73 Å². The summed E-state index contributed by atoms with van der Waals surface area (Å²) in [4.78, 5) is 11.9. The van der Waals surface area contributed by atoms with Crippen molar-refractivity contribution in [2.75, 3.05) is 6.54 Å². The van der Waals surface area contributed by atoms with Crippen molar-refractivity contribution >= 4 is 5.91 Å². The number of carbonyl (C=O) groups is 1. The van der Waals surface area contributed by atoms with Gasteiger partial charge in [0.05, 0.1) is 6.42 Å². The number of benzene rings is 1. The summed E-state index contributed by atoms with van der Waals surface area (Å²) in [5.74, 6) is 0.0994. The summed E-state index contributed by atoms with van der Waals surface area (Å²) in [7, 11) is 0. The van der Waals surface area contributed by atoms with Crippen molar-refractivity contribution in [3.63, 3.8) is 0 Å². The van der Waals surface area contributed by atoms with E-state index in [1.807, 2.05) is 46.8 Å². The Morgan fingerprint density at radius 2 is 2.00 bits per heavy atom. The third-order valence-electron chi connectivity index (χ3n) is 3.25. The molecule has 0 saturated carbocycles. The van der Waals surface area contributed by atoms with Gasteiger partial charge in [0.1, 0.15) is 5.75 Å². The molecular weight excluding hydrogens is 252 g/mol. The highest BCUT2D eigenvalue weighted by atomic mass is 16.3. The van der Waals surface area contributed by atoms with Crippen molar-refractivity contribution in [1.82, 2.24) is 5.32 Å². The molecule has 4 N–H and O–H groups in total. The maximum absolute atomic E-state index is 11.9. The number of carbonyl (C=O) groups excluding carboxylic acids is 1. The Balaban J connectivity index is 3.02. The van der Waals surface area contributed by atoms with Gasteiger partial charge >= 0.3 is 0 Å². The van der Waals surface area contributed by atoms with Crippen LogP contribution in [-0.2, 0) is 16.6 Å². The van der Waals surface area contributed by atoms with Gasteiger partial charge < -0.3 is 16.2 Å². The van der Waals surface area contributed by atoms with Crippen LogP contribution in [0.3, 0.4) is 0 Å². The fourth-order valence-corrected chi connectivity index (χ4v) is 2.12. The molecule has 4 nitrogen and oxygen atoms in total. The lowest BCUT2D eigenvalue weighted by molar-refractivity contribution is -0.121. The van der Waals surface area contributed by atoms with Crippen molar-refractivity contribution in [2.45, 2.75) is 52.5 Å². The van der Waals surface area contributed by atoms with Gasteiger partial charge in [-0.25, -0.2) is 0 Å². The van der Waals surface area contributed by atoms with Gasteiger partial charge in [0.15, 0.2) is 0 Å². The second kappa shape index (κ2) is 6.27. The van der Waals surface area contributed by atoms with E-state index >= 15 is 0 Å². The molecule has 0 heterocycles. The van der Waals surface area contributed by atoms with E-state index in [-0.39, 0.29) is 29.5 Å². The Bertz CT molecular complexity index is 490. The summed E-state index contributed by atoms with van der Waals surface area (Å²) in [6.45, 7) is 10.4. The number of phenols is 1. The molecule has 1 atom stereocenters. The summed E-state index contributed by atoms with van der Waals surface area (Å²) < 4.78 is 0. The van der Waals surface area contributed by atoms with Gasteiger partial charge in [-0.2, -0.15) is 0 Å². The zero-order valence-electron chi connectivity index (χ0n) is 13.1. The molecule has 1 unspecified atom stereocenters. The predicted molar refractivity (Wildman–Crippen MR) is 81.9 cm³/mol. The third-order valence-corrected chi connectivity index (χ3v) is 3.25. The van der Waals surface area contributed by atoms with Crippen molar-refractivity contribution in [2.24, 2.45) is 5.73 Å². The zero-order valence-corrected chi connectivity index (χ0v) is 13.1. The monoisotopic (exact) mass is 278 g/mol. The molecule has 0 bridgehead atoms. The Morgan fingerprint density at radius 3 is 2.50 bits per heavy atom. The number of hydrogen-bond acceptors (Lipinski definition) is 3. The first-order valence-electron chi connectivity index (χ1n) is 6.97. The number of hydrogen-bond donors (Lipinski definition) is 3. The zero-order chi connectivity index (χ0) is 15.5. The minimum atomic E-state index is -0.161. The van der Waals surface area contributed by atoms with Crippen LogP contribution in [0.1, 0.15) is 44.4 Å². The van der Waals surface area contributed by atoms with Crippen LogP contribution in [0, 0.1) is 6.92 Å². The van der Waals surface area contributed by atoms with Gasteiger partial charge in [-0.1, -0.05) is 38.5 Å². The Morgan fingerprint density at radius 1 is 1.40 bits per heavy atom. The highest BCUT2D eigenvalue weighted by Crippen LogP contribution is 2.34. The molecule has 1 rings (SSSR count). The number of phenolic OH excluding ortho intramolecular Hbond substituents is 1. The number of rotatable bonds is 4. The molecule has 0 aromatic heterocycles. The largest absolute Gasteiger partial charge is 0.507 e. The van der Waals surface area contributed by atoms with Crippen molar-refractivity contribution < 1.29 is 9.90 Å². The first-order valence-corrected chi connectivity index (χ1v) is 6.97. The van der Waals surface area contributed by atoms with Crippen LogP contribution < -0.4 is 11.1 Å². The molecule has 0 aliphatic carbocycles. The number of amides is 1. The highest BCUT2D eigenvalue weighted by molar-refractivity contribution is 5.80. The quantitative estimate of drug-likeness (QED) is 0.788. The van der Waals surface area contributed by atoms with Gasteiger partial charge in [0.25, 0.3) is 0 Å². The second-order valence-electron chi connectivity index (χ2n) is 6.45. The molecule has 0 spiro atoms. The first kappa shape index (κ1) is 16.5. The second-order valence-corrected chi connectivity index (χ2v) is 6.45. The fourth-order valence-electron chi connectivity index (χ4n) is 2.12. The van der Waals surface area contributed by atoms with Crippen LogP contribution in [0.2, 0.25) is 0 Å². The molecule has 0 fully saturated rings. The molecule has 4 heteroatoms. The molecule has 0 aliphatic rings. The summed E-state index contributed by atoms with van der Waals surface area (Å²) in [6, 6.07) is 3.77. The first-order chi connectivity index (χ1) is 9.15. The lowest BCUT2D eigenvalue weighted by atomic mass is 9.83. The third kappa shape index (κ3) is 4.23.